The van der Waals surface area contributed by atoms with E-state index in [0.29, 0.717) is 16.3 Å². The number of carbonyl (C=O) groups is 1. The summed E-state index contributed by atoms with van der Waals surface area (Å²) in [6, 6.07) is 14.3. The Hall–Kier alpha value is -2.67. The molecule has 116 valence electrons. The summed E-state index contributed by atoms with van der Waals surface area (Å²) in [5.41, 5.74) is 1.37. The summed E-state index contributed by atoms with van der Waals surface area (Å²) in [4.78, 5) is 12.1. The minimum absolute atomic E-state index is 0.0184. The smallest absolute Gasteiger partial charge is 0.251 e. The van der Waals surface area contributed by atoms with Gasteiger partial charge in [0.05, 0.1) is 5.69 Å². The highest BCUT2D eigenvalue weighted by Crippen LogP contribution is 2.17. The topological polar surface area (TPSA) is 74.7 Å². The lowest BCUT2D eigenvalue weighted by Gasteiger charge is -2.01. The van der Waals surface area contributed by atoms with E-state index in [1.165, 1.54) is 22.6 Å². The van der Waals surface area contributed by atoms with E-state index in [0.717, 1.165) is 10.4 Å². The van der Waals surface area contributed by atoms with Gasteiger partial charge in [0.25, 0.3) is 5.03 Å². The summed E-state index contributed by atoms with van der Waals surface area (Å²) in [5.74, 6) is 0.501. The first kappa shape index (κ1) is 15.2. The van der Waals surface area contributed by atoms with E-state index >= 15 is 0 Å². The van der Waals surface area contributed by atoms with Gasteiger partial charge in [-0.05, 0) is 17.8 Å². The molecule has 2 aromatic heterocycles. The van der Waals surface area contributed by atoms with Gasteiger partial charge < -0.3 is 5.21 Å². The average molecular weight is 326 g/mol. The fourth-order valence-electron chi connectivity index (χ4n) is 2.02. The van der Waals surface area contributed by atoms with E-state index in [9.17, 15) is 10.0 Å². The van der Waals surface area contributed by atoms with Crippen LogP contribution in [0.2, 0.25) is 0 Å². The van der Waals surface area contributed by atoms with Crippen molar-refractivity contribution in [1.82, 2.24) is 15.0 Å². The van der Waals surface area contributed by atoms with E-state index in [4.69, 9.17) is 0 Å². The molecule has 3 rings (SSSR count). The Morgan fingerprint density at radius 3 is 2.74 bits per heavy atom. The van der Waals surface area contributed by atoms with Gasteiger partial charge in [-0.2, -0.15) is 4.73 Å². The Kier molecular flexibility index (Phi) is 4.68. The maximum Gasteiger partial charge on any atom is 0.251 e. The van der Waals surface area contributed by atoms with Gasteiger partial charge in [0.2, 0.25) is 0 Å². The third-order valence-corrected chi connectivity index (χ3v) is 4.20. The fourth-order valence-corrected chi connectivity index (χ4v) is 2.81. The number of pyridine rings is 1. The van der Waals surface area contributed by atoms with Crippen LogP contribution < -0.4 is 4.73 Å². The van der Waals surface area contributed by atoms with Gasteiger partial charge in [0, 0.05) is 29.6 Å². The van der Waals surface area contributed by atoms with E-state index in [1.54, 1.807) is 30.5 Å². The molecule has 0 bridgehead atoms. The zero-order valence-electron chi connectivity index (χ0n) is 12.2. The van der Waals surface area contributed by atoms with Crippen LogP contribution in [0.1, 0.15) is 16.1 Å². The number of thioether (sulfide) groups is 1. The Bertz CT molecular complexity index is 805. The van der Waals surface area contributed by atoms with Gasteiger partial charge >= 0.3 is 0 Å². The minimum Gasteiger partial charge on any atom is -0.618 e. The van der Waals surface area contributed by atoms with Crippen molar-refractivity contribution < 1.29 is 9.52 Å². The van der Waals surface area contributed by atoms with Crippen molar-refractivity contribution in [2.45, 2.75) is 17.3 Å². The van der Waals surface area contributed by atoms with Gasteiger partial charge in [-0.25, -0.2) is 4.68 Å². The summed E-state index contributed by atoms with van der Waals surface area (Å²) >= 11 is 1.38. The highest BCUT2D eigenvalue weighted by Gasteiger charge is 2.10. The average Bonchev–Trinajstić information content (AvgIpc) is 3.02. The number of rotatable bonds is 6. The molecule has 0 aliphatic heterocycles. The zero-order chi connectivity index (χ0) is 16.1. The fraction of sp³-hybridized carbons (Fsp3) is 0.125. The molecule has 0 aliphatic rings. The summed E-state index contributed by atoms with van der Waals surface area (Å²) < 4.78 is 2.33. The Balaban J connectivity index is 1.60. The maximum absolute atomic E-state index is 12.1. The van der Waals surface area contributed by atoms with Gasteiger partial charge in [0.1, 0.15) is 6.54 Å². The first-order valence-electron chi connectivity index (χ1n) is 7.00. The Morgan fingerprint density at radius 1 is 1.17 bits per heavy atom. The second-order valence-corrected chi connectivity index (χ2v) is 5.85. The molecule has 0 saturated carbocycles. The molecule has 1 aromatic carbocycles. The molecule has 0 fully saturated rings. The first-order valence-corrected chi connectivity index (χ1v) is 7.99. The zero-order valence-corrected chi connectivity index (χ0v) is 13.0. The molecular weight excluding hydrogens is 312 g/mol. The highest BCUT2D eigenvalue weighted by atomic mass is 32.2. The Labute approximate surface area is 137 Å². The molecule has 0 unspecified atom stereocenters. The van der Waals surface area contributed by atoms with Crippen molar-refractivity contribution in [3.8, 4) is 0 Å². The molecule has 0 N–H and O–H groups in total. The lowest BCUT2D eigenvalue weighted by atomic mass is 10.1. The normalized spacial score (nSPS) is 10.6. The van der Waals surface area contributed by atoms with Crippen molar-refractivity contribution in [3.05, 3.63) is 77.4 Å². The predicted octanol–water partition coefficient (Wildman–Crippen LogP) is 2.09. The van der Waals surface area contributed by atoms with E-state index < -0.39 is 0 Å². The number of aromatic nitrogens is 4. The van der Waals surface area contributed by atoms with Crippen molar-refractivity contribution in [1.29, 1.82) is 0 Å². The van der Waals surface area contributed by atoms with Crippen LogP contribution in [0.3, 0.4) is 0 Å². The molecule has 0 spiro atoms. The number of benzene rings is 1. The SMILES string of the molecule is O=C(Cn1cc(CSc2cccc[n+]2[O-])nn1)c1ccccc1. The van der Waals surface area contributed by atoms with Crippen molar-refractivity contribution in [3.63, 3.8) is 0 Å². The Morgan fingerprint density at radius 2 is 1.96 bits per heavy atom. The third kappa shape index (κ3) is 3.95. The number of carbonyl (C=O) groups excluding carboxylic acids is 1. The van der Waals surface area contributed by atoms with Crippen LogP contribution in [0.15, 0.2) is 66.0 Å². The molecule has 0 atom stereocenters. The molecule has 0 amide bonds. The van der Waals surface area contributed by atoms with Crippen LogP contribution in [0.25, 0.3) is 0 Å². The van der Waals surface area contributed by atoms with Crippen LogP contribution >= 0.6 is 11.8 Å². The lowest BCUT2D eigenvalue weighted by molar-refractivity contribution is -0.645. The maximum atomic E-state index is 12.1. The predicted molar refractivity (Wildman–Crippen MR) is 85.8 cm³/mol. The quantitative estimate of drug-likeness (QED) is 0.300. The minimum atomic E-state index is -0.0184. The molecule has 3 aromatic rings. The number of Topliss-reactive ketones (excluding diaryl/α,β-unsaturated/α-hetero) is 1. The van der Waals surface area contributed by atoms with Crippen LogP contribution in [0.5, 0.6) is 0 Å². The van der Waals surface area contributed by atoms with Gasteiger partial charge in [-0.3, -0.25) is 4.79 Å². The van der Waals surface area contributed by atoms with Crippen LogP contribution in [0, 0.1) is 5.21 Å². The summed E-state index contributed by atoms with van der Waals surface area (Å²) in [5, 5.41) is 20.2. The summed E-state index contributed by atoms with van der Waals surface area (Å²) in [7, 11) is 0. The van der Waals surface area contributed by atoms with Crippen molar-refractivity contribution in [2.75, 3.05) is 0 Å². The molecule has 7 heteroatoms. The third-order valence-electron chi connectivity index (χ3n) is 3.14. The van der Waals surface area contributed by atoms with Gasteiger partial charge in [-0.15, -0.1) is 5.10 Å². The second kappa shape index (κ2) is 7.06. The molecular formula is C16H14N4O2S. The first-order chi connectivity index (χ1) is 11.2. The molecule has 2 heterocycles. The molecule has 0 saturated heterocycles. The summed E-state index contributed by atoms with van der Waals surface area (Å²) in [6.07, 6.45) is 3.18. The second-order valence-electron chi connectivity index (χ2n) is 4.85. The van der Waals surface area contributed by atoms with Crippen molar-refractivity contribution >= 4 is 17.5 Å². The molecule has 0 radical (unpaired) electrons. The monoisotopic (exact) mass is 326 g/mol. The summed E-state index contributed by atoms with van der Waals surface area (Å²) in [6.45, 7) is 0.147. The van der Waals surface area contributed by atoms with Crippen LogP contribution in [-0.4, -0.2) is 20.8 Å². The molecule has 23 heavy (non-hydrogen) atoms. The van der Waals surface area contributed by atoms with Gasteiger partial charge in [-0.1, -0.05) is 35.5 Å². The van der Waals surface area contributed by atoms with E-state index in [1.807, 2.05) is 24.3 Å². The molecule has 6 nitrogen and oxygen atoms in total. The van der Waals surface area contributed by atoms with Gasteiger partial charge in [0.15, 0.2) is 12.0 Å². The van der Waals surface area contributed by atoms with Crippen LogP contribution in [0.4, 0.5) is 0 Å². The number of nitrogens with zero attached hydrogens (tertiary/aromatic N) is 4. The van der Waals surface area contributed by atoms with Crippen LogP contribution in [-0.2, 0) is 12.3 Å². The largest absolute Gasteiger partial charge is 0.618 e. The highest BCUT2D eigenvalue weighted by molar-refractivity contribution is 7.98. The molecule has 0 aliphatic carbocycles. The lowest BCUT2D eigenvalue weighted by Crippen LogP contribution is -2.27. The van der Waals surface area contributed by atoms with E-state index in [-0.39, 0.29) is 12.3 Å². The van der Waals surface area contributed by atoms with E-state index in [2.05, 4.69) is 10.3 Å². The van der Waals surface area contributed by atoms with Crippen molar-refractivity contribution in [2.24, 2.45) is 0 Å². The number of hydrogen-bond acceptors (Lipinski definition) is 5. The number of hydrogen-bond donors (Lipinski definition) is 0. The standard InChI is InChI=1S/C16H14N4O2S/c21-15(13-6-2-1-3-7-13)11-19-10-14(17-18-19)12-23-16-8-4-5-9-20(16)22/h1-10H,11-12H2. The number of ketones is 1.